The van der Waals surface area contributed by atoms with E-state index in [1.54, 1.807) is 24.3 Å². The molecule has 0 bridgehead atoms. The molecule has 6 heteroatoms. The Morgan fingerprint density at radius 1 is 1.26 bits per heavy atom. The highest BCUT2D eigenvalue weighted by Crippen LogP contribution is 2.39. The summed E-state index contributed by atoms with van der Waals surface area (Å²) in [6.07, 6.45) is -0.471. The van der Waals surface area contributed by atoms with Crippen molar-refractivity contribution in [3.8, 4) is 5.75 Å². The molecule has 2 N–H and O–H groups in total. The molecule has 0 fully saturated rings. The van der Waals surface area contributed by atoms with E-state index in [1.165, 1.54) is 19.2 Å². The summed E-state index contributed by atoms with van der Waals surface area (Å²) in [5.41, 5.74) is -1.36. The van der Waals surface area contributed by atoms with Crippen molar-refractivity contribution in [2.75, 3.05) is 12.4 Å². The number of carbonyl (C=O) groups is 2. The minimum atomic E-state index is -2.07. The molecule has 0 radical (unpaired) electrons. The van der Waals surface area contributed by atoms with Crippen molar-refractivity contribution in [3.05, 3.63) is 59.4 Å². The van der Waals surface area contributed by atoms with Gasteiger partial charge in [-0.2, -0.15) is 0 Å². The van der Waals surface area contributed by atoms with Gasteiger partial charge in [0, 0.05) is 16.8 Å². The quantitative estimate of drug-likeness (QED) is 0.849. The molecule has 0 aromatic heterocycles. The highest BCUT2D eigenvalue weighted by Gasteiger charge is 2.47. The third-order valence-corrected chi connectivity index (χ3v) is 3.88. The summed E-state index contributed by atoms with van der Waals surface area (Å²) in [4.78, 5) is 24.4. The second-order valence-electron chi connectivity index (χ2n) is 5.33. The molecule has 3 rings (SSSR count). The number of fused-ring (bicyclic) bond motifs is 1. The van der Waals surface area contributed by atoms with Gasteiger partial charge in [0.05, 0.1) is 13.5 Å². The lowest BCUT2D eigenvalue weighted by atomic mass is 9.88. The zero-order valence-electron chi connectivity index (χ0n) is 12.3. The second-order valence-corrected chi connectivity index (χ2v) is 5.33. The van der Waals surface area contributed by atoms with Gasteiger partial charge in [-0.25, -0.2) is 4.39 Å². The predicted octanol–water partition coefficient (Wildman–Crippen LogP) is 2.25. The number of hydrogen-bond donors (Lipinski definition) is 2. The largest absolute Gasteiger partial charge is 0.497 e. The lowest BCUT2D eigenvalue weighted by Crippen LogP contribution is -2.36. The molecule has 118 valence electrons. The molecular weight excluding hydrogens is 301 g/mol. The Labute approximate surface area is 131 Å². The molecule has 23 heavy (non-hydrogen) atoms. The normalized spacial score (nSPS) is 19.2. The number of halogens is 1. The van der Waals surface area contributed by atoms with Gasteiger partial charge in [-0.05, 0) is 42.5 Å². The van der Waals surface area contributed by atoms with Gasteiger partial charge >= 0.3 is 0 Å². The average Bonchev–Trinajstić information content (AvgIpc) is 2.79. The van der Waals surface area contributed by atoms with Crippen LogP contribution in [-0.4, -0.2) is 23.9 Å². The van der Waals surface area contributed by atoms with Crippen LogP contribution in [0.25, 0.3) is 0 Å². The lowest BCUT2D eigenvalue weighted by molar-refractivity contribution is -0.133. The maximum atomic E-state index is 13.4. The standard InChI is InChI=1S/C17H14FNO4/c1-23-12-5-2-10(3-6-12)15(20)9-17(22)13-8-11(18)4-7-14(13)19-16(17)21/h2-8,22H,9H2,1H3,(H,19,21)/t17-/m0/s1. The molecule has 1 atom stereocenters. The number of ether oxygens (including phenoxy) is 1. The molecule has 0 spiro atoms. The third-order valence-electron chi connectivity index (χ3n) is 3.88. The topological polar surface area (TPSA) is 75.6 Å². The van der Waals surface area contributed by atoms with E-state index in [2.05, 4.69) is 5.32 Å². The average molecular weight is 315 g/mol. The number of amides is 1. The van der Waals surface area contributed by atoms with Crippen molar-refractivity contribution >= 4 is 17.4 Å². The molecule has 1 heterocycles. The van der Waals surface area contributed by atoms with Crippen molar-refractivity contribution in [1.29, 1.82) is 0 Å². The number of nitrogens with one attached hydrogen (secondary N) is 1. The van der Waals surface area contributed by atoms with Crippen molar-refractivity contribution in [2.24, 2.45) is 0 Å². The van der Waals surface area contributed by atoms with Crippen LogP contribution in [0.5, 0.6) is 5.75 Å². The van der Waals surface area contributed by atoms with E-state index in [0.29, 0.717) is 17.0 Å². The molecule has 1 aliphatic heterocycles. The first-order valence-electron chi connectivity index (χ1n) is 6.95. The molecule has 0 unspecified atom stereocenters. The summed E-state index contributed by atoms with van der Waals surface area (Å²) in [6, 6.07) is 9.91. The Bertz CT molecular complexity index is 788. The van der Waals surface area contributed by atoms with Crippen molar-refractivity contribution in [2.45, 2.75) is 12.0 Å². The summed E-state index contributed by atoms with van der Waals surface area (Å²) in [5, 5.41) is 13.1. The number of carbonyl (C=O) groups excluding carboxylic acids is 2. The number of methoxy groups -OCH3 is 1. The number of ketones is 1. The Balaban J connectivity index is 1.90. The maximum Gasteiger partial charge on any atom is 0.261 e. The Morgan fingerprint density at radius 2 is 1.96 bits per heavy atom. The zero-order valence-corrected chi connectivity index (χ0v) is 12.3. The minimum absolute atomic E-state index is 0.0735. The molecule has 0 saturated carbocycles. The first kappa shape index (κ1) is 15.2. The van der Waals surface area contributed by atoms with E-state index >= 15 is 0 Å². The predicted molar refractivity (Wildman–Crippen MR) is 80.9 cm³/mol. The van der Waals surface area contributed by atoms with Gasteiger partial charge in [-0.15, -0.1) is 0 Å². The van der Waals surface area contributed by atoms with E-state index < -0.39 is 29.5 Å². The molecule has 0 aliphatic carbocycles. The zero-order chi connectivity index (χ0) is 16.6. The van der Waals surface area contributed by atoms with Gasteiger partial charge in [0.15, 0.2) is 11.4 Å². The Hall–Kier alpha value is -2.73. The summed E-state index contributed by atoms with van der Waals surface area (Å²) >= 11 is 0. The summed E-state index contributed by atoms with van der Waals surface area (Å²) in [6.45, 7) is 0. The van der Waals surface area contributed by atoms with Gasteiger partial charge in [-0.1, -0.05) is 0 Å². The smallest absolute Gasteiger partial charge is 0.261 e. The Morgan fingerprint density at radius 3 is 2.61 bits per heavy atom. The fourth-order valence-electron chi connectivity index (χ4n) is 2.60. The first-order valence-corrected chi connectivity index (χ1v) is 6.95. The van der Waals surface area contributed by atoms with E-state index in [1.807, 2.05) is 0 Å². The minimum Gasteiger partial charge on any atom is -0.497 e. The molecular formula is C17H14FNO4. The molecule has 0 saturated heterocycles. The fourth-order valence-corrected chi connectivity index (χ4v) is 2.60. The van der Waals surface area contributed by atoms with Crippen molar-refractivity contribution < 1.29 is 23.8 Å². The van der Waals surface area contributed by atoms with E-state index in [-0.39, 0.29) is 5.56 Å². The number of anilines is 1. The van der Waals surface area contributed by atoms with Crippen LogP contribution in [0.3, 0.4) is 0 Å². The number of rotatable bonds is 4. The summed E-state index contributed by atoms with van der Waals surface area (Å²) < 4.78 is 18.4. The van der Waals surface area contributed by atoms with Crippen LogP contribution in [0, 0.1) is 5.82 Å². The van der Waals surface area contributed by atoms with Crippen LogP contribution in [0.2, 0.25) is 0 Å². The lowest BCUT2D eigenvalue weighted by Gasteiger charge is -2.20. The van der Waals surface area contributed by atoms with Crippen LogP contribution in [-0.2, 0) is 10.4 Å². The summed E-state index contributed by atoms with van der Waals surface area (Å²) in [5.74, 6) is -1.16. The van der Waals surface area contributed by atoms with Gasteiger partial charge in [0.25, 0.3) is 5.91 Å². The van der Waals surface area contributed by atoms with Crippen LogP contribution in [0.1, 0.15) is 22.3 Å². The number of aliphatic hydroxyl groups is 1. The van der Waals surface area contributed by atoms with E-state index in [9.17, 15) is 19.1 Å². The number of Topliss-reactive ketones (excluding diaryl/α,β-unsaturated/α-hetero) is 1. The molecule has 1 amide bonds. The van der Waals surface area contributed by atoms with Crippen LogP contribution in [0.4, 0.5) is 10.1 Å². The fraction of sp³-hybridized carbons (Fsp3) is 0.176. The van der Waals surface area contributed by atoms with Gasteiger partial charge in [0.1, 0.15) is 11.6 Å². The monoisotopic (exact) mass is 315 g/mol. The van der Waals surface area contributed by atoms with E-state index in [4.69, 9.17) is 4.74 Å². The van der Waals surface area contributed by atoms with Crippen LogP contribution < -0.4 is 10.1 Å². The molecule has 2 aromatic carbocycles. The molecule has 1 aliphatic rings. The van der Waals surface area contributed by atoms with Gasteiger partial charge < -0.3 is 15.2 Å². The second kappa shape index (κ2) is 5.48. The SMILES string of the molecule is COc1ccc(C(=O)C[C@@]2(O)C(=O)Nc3ccc(F)cc32)cc1. The number of hydrogen-bond acceptors (Lipinski definition) is 4. The molecule has 2 aromatic rings. The van der Waals surface area contributed by atoms with Crippen molar-refractivity contribution in [1.82, 2.24) is 0 Å². The summed E-state index contributed by atoms with van der Waals surface area (Å²) in [7, 11) is 1.51. The highest BCUT2D eigenvalue weighted by molar-refractivity contribution is 6.09. The molecule has 5 nitrogen and oxygen atoms in total. The van der Waals surface area contributed by atoms with Crippen LogP contribution in [0.15, 0.2) is 42.5 Å². The third kappa shape index (κ3) is 2.57. The number of benzene rings is 2. The van der Waals surface area contributed by atoms with Crippen molar-refractivity contribution in [3.63, 3.8) is 0 Å². The highest BCUT2D eigenvalue weighted by atomic mass is 19.1. The Kier molecular flexibility index (Phi) is 3.61. The van der Waals surface area contributed by atoms with Gasteiger partial charge in [-0.3, -0.25) is 9.59 Å². The van der Waals surface area contributed by atoms with E-state index in [0.717, 1.165) is 6.07 Å². The maximum absolute atomic E-state index is 13.4. The van der Waals surface area contributed by atoms with Gasteiger partial charge in [0.2, 0.25) is 0 Å². The van der Waals surface area contributed by atoms with Crippen LogP contribution >= 0.6 is 0 Å². The first-order chi connectivity index (χ1) is 10.9.